The van der Waals surface area contributed by atoms with Gasteiger partial charge in [-0.25, -0.2) is 4.98 Å². The summed E-state index contributed by atoms with van der Waals surface area (Å²) in [6.07, 6.45) is 4.29. The number of nitrogens with one attached hydrogen (secondary N) is 2. The molecular weight excluding hydrogens is 392 g/mol. The minimum atomic E-state index is 0.0502. The van der Waals surface area contributed by atoms with Gasteiger partial charge in [0, 0.05) is 47.4 Å². The molecule has 150 valence electrons. The Balaban J connectivity index is 1.29. The van der Waals surface area contributed by atoms with Crippen LogP contribution in [0.3, 0.4) is 0 Å². The fraction of sp³-hybridized carbons (Fsp3) is 0.167. The predicted octanol–water partition coefficient (Wildman–Crippen LogP) is 4.92. The monoisotopic (exact) mass is 414 g/mol. The number of aromatic amines is 1. The summed E-state index contributed by atoms with van der Waals surface area (Å²) >= 11 is 1.72. The van der Waals surface area contributed by atoms with Crippen LogP contribution in [0.15, 0.2) is 78.6 Å². The lowest BCUT2D eigenvalue weighted by atomic mass is 9.96. The molecule has 6 heteroatoms. The van der Waals surface area contributed by atoms with E-state index in [1.807, 2.05) is 34.9 Å². The Labute approximate surface area is 178 Å². The van der Waals surface area contributed by atoms with Gasteiger partial charge in [-0.05, 0) is 35.2 Å². The Kier molecular flexibility index (Phi) is 5.07. The van der Waals surface area contributed by atoms with E-state index >= 15 is 0 Å². The number of aryl methyl sites for hydroxylation is 1. The van der Waals surface area contributed by atoms with Crippen molar-refractivity contribution in [1.29, 1.82) is 0 Å². The summed E-state index contributed by atoms with van der Waals surface area (Å²) in [7, 11) is 0. The first-order valence-electron chi connectivity index (χ1n) is 10.1. The maximum absolute atomic E-state index is 12.6. The predicted molar refractivity (Wildman–Crippen MR) is 122 cm³/mol. The lowest BCUT2D eigenvalue weighted by molar-refractivity contribution is -0.121. The zero-order valence-corrected chi connectivity index (χ0v) is 17.2. The number of hydrogen-bond donors (Lipinski definition) is 2. The zero-order valence-electron chi connectivity index (χ0n) is 16.4. The second-order valence-corrected chi connectivity index (χ2v) is 8.32. The number of para-hydroxylation sites is 3. The van der Waals surface area contributed by atoms with E-state index < -0.39 is 0 Å². The number of carbonyl (C=O) groups excluding carboxylic acids is 1. The van der Waals surface area contributed by atoms with Gasteiger partial charge in [0.05, 0.1) is 17.4 Å². The van der Waals surface area contributed by atoms with Gasteiger partial charge in [-0.15, -0.1) is 11.3 Å². The van der Waals surface area contributed by atoms with Crippen molar-refractivity contribution >= 4 is 39.2 Å². The van der Waals surface area contributed by atoms with E-state index in [1.165, 1.54) is 15.8 Å². The Morgan fingerprint density at radius 1 is 1.10 bits per heavy atom. The Hall–Kier alpha value is -3.38. The quantitative estimate of drug-likeness (QED) is 0.397. The number of fused-ring (bicyclic) bond motifs is 2. The highest BCUT2D eigenvalue weighted by molar-refractivity contribution is 7.10. The summed E-state index contributed by atoms with van der Waals surface area (Å²) in [6, 6.07) is 20.5. The number of H-pyrrole nitrogens is 1. The van der Waals surface area contributed by atoms with E-state index in [0.717, 1.165) is 16.6 Å². The summed E-state index contributed by atoms with van der Waals surface area (Å²) in [5.74, 6) is 0.174. The van der Waals surface area contributed by atoms with Crippen LogP contribution in [0, 0.1) is 0 Å². The molecule has 0 radical (unpaired) electrons. The maximum Gasteiger partial charge on any atom is 0.221 e. The van der Waals surface area contributed by atoms with E-state index in [9.17, 15) is 4.79 Å². The van der Waals surface area contributed by atoms with Crippen LogP contribution >= 0.6 is 11.3 Å². The van der Waals surface area contributed by atoms with Crippen molar-refractivity contribution in [3.63, 3.8) is 0 Å². The molecule has 0 aliphatic carbocycles. The Bertz CT molecular complexity index is 1290. The number of amides is 1. The van der Waals surface area contributed by atoms with Crippen molar-refractivity contribution in [2.45, 2.75) is 18.9 Å². The van der Waals surface area contributed by atoms with E-state index in [0.29, 0.717) is 19.5 Å². The Morgan fingerprint density at radius 3 is 2.87 bits per heavy atom. The summed E-state index contributed by atoms with van der Waals surface area (Å²) < 4.78 is 2.03. The summed E-state index contributed by atoms with van der Waals surface area (Å²) in [6.45, 7) is 1.19. The molecule has 0 saturated carbocycles. The van der Waals surface area contributed by atoms with Gasteiger partial charge in [-0.3, -0.25) is 4.79 Å². The molecule has 2 aromatic carbocycles. The smallest absolute Gasteiger partial charge is 0.221 e. The lowest BCUT2D eigenvalue weighted by Crippen LogP contribution is -2.29. The van der Waals surface area contributed by atoms with Crippen LogP contribution < -0.4 is 5.32 Å². The van der Waals surface area contributed by atoms with Crippen LogP contribution in [-0.4, -0.2) is 27.0 Å². The normalized spacial score (nSPS) is 12.4. The second-order valence-electron chi connectivity index (χ2n) is 7.34. The summed E-state index contributed by atoms with van der Waals surface area (Å²) in [5, 5.41) is 6.44. The highest BCUT2D eigenvalue weighted by Crippen LogP contribution is 2.32. The van der Waals surface area contributed by atoms with Gasteiger partial charge in [0.2, 0.25) is 5.91 Å². The zero-order chi connectivity index (χ0) is 20.3. The molecule has 0 aliphatic rings. The van der Waals surface area contributed by atoms with Crippen molar-refractivity contribution < 1.29 is 4.79 Å². The molecule has 1 atom stereocenters. The number of thiophene rings is 1. The molecule has 5 nitrogen and oxygen atoms in total. The van der Waals surface area contributed by atoms with Gasteiger partial charge in [0.1, 0.15) is 0 Å². The number of rotatable bonds is 7. The number of aromatic nitrogens is 3. The minimum absolute atomic E-state index is 0.0502. The third-order valence-corrected chi connectivity index (χ3v) is 6.48. The highest BCUT2D eigenvalue weighted by Gasteiger charge is 2.20. The van der Waals surface area contributed by atoms with Gasteiger partial charge < -0.3 is 14.9 Å². The van der Waals surface area contributed by atoms with Gasteiger partial charge >= 0.3 is 0 Å². The van der Waals surface area contributed by atoms with Crippen LogP contribution in [0.1, 0.15) is 22.8 Å². The van der Waals surface area contributed by atoms with Crippen LogP contribution in [0.2, 0.25) is 0 Å². The number of benzene rings is 2. The topological polar surface area (TPSA) is 62.7 Å². The molecule has 5 rings (SSSR count). The molecular formula is C24H22N4OS. The van der Waals surface area contributed by atoms with Crippen molar-refractivity contribution in [1.82, 2.24) is 19.9 Å². The lowest BCUT2D eigenvalue weighted by Gasteiger charge is -2.16. The van der Waals surface area contributed by atoms with Crippen LogP contribution in [0.4, 0.5) is 0 Å². The highest BCUT2D eigenvalue weighted by atomic mass is 32.1. The molecule has 0 aliphatic heterocycles. The van der Waals surface area contributed by atoms with Gasteiger partial charge in [-0.2, -0.15) is 0 Å². The van der Waals surface area contributed by atoms with E-state index in [2.05, 4.69) is 57.2 Å². The Morgan fingerprint density at radius 2 is 1.97 bits per heavy atom. The minimum Gasteiger partial charge on any atom is -0.361 e. The van der Waals surface area contributed by atoms with Crippen molar-refractivity contribution in [2.24, 2.45) is 0 Å². The van der Waals surface area contributed by atoms with Gasteiger partial charge in [0.15, 0.2) is 0 Å². The standard InChI is InChI=1S/C24H22N4OS/c29-24(11-12-28-16-27-21-8-3-4-9-22(21)28)26-15-19(23-10-5-13-30-23)18-14-25-20-7-2-1-6-17(18)20/h1-10,13-14,16,19,25H,11-12,15H2,(H,26,29)/t19-/m0/s1. The maximum atomic E-state index is 12.6. The molecule has 3 aromatic heterocycles. The largest absolute Gasteiger partial charge is 0.361 e. The van der Waals surface area contributed by atoms with Crippen LogP contribution in [0.5, 0.6) is 0 Å². The van der Waals surface area contributed by atoms with Crippen LogP contribution in [-0.2, 0) is 11.3 Å². The average molecular weight is 415 g/mol. The van der Waals surface area contributed by atoms with E-state index in [4.69, 9.17) is 0 Å². The van der Waals surface area contributed by atoms with Crippen molar-refractivity contribution in [3.8, 4) is 0 Å². The molecule has 2 N–H and O–H groups in total. The third kappa shape index (κ3) is 3.62. The van der Waals surface area contributed by atoms with Crippen LogP contribution in [0.25, 0.3) is 21.9 Å². The van der Waals surface area contributed by atoms with E-state index in [1.54, 1.807) is 17.7 Å². The third-order valence-electron chi connectivity index (χ3n) is 5.49. The van der Waals surface area contributed by atoms with Crippen molar-refractivity contribution in [3.05, 3.63) is 89.0 Å². The summed E-state index contributed by atoms with van der Waals surface area (Å²) in [4.78, 5) is 21.6. The number of nitrogens with zero attached hydrogens (tertiary/aromatic N) is 2. The molecule has 3 heterocycles. The number of hydrogen-bond acceptors (Lipinski definition) is 3. The molecule has 30 heavy (non-hydrogen) atoms. The first-order chi connectivity index (χ1) is 14.8. The number of imidazole rings is 1. The second kappa shape index (κ2) is 8.16. The molecule has 0 bridgehead atoms. The molecule has 1 amide bonds. The molecule has 0 fully saturated rings. The fourth-order valence-electron chi connectivity index (χ4n) is 3.95. The summed E-state index contributed by atoms with van der Waals surface area (Å²) in [5.41, 5.74) is 4.34. The molecule has 0 spiro atoms. The molecule has 5 aromatic rings. The fourth-order valence-corrected chi connectivity index (χ4v) is 4.80. The molecule has 0 saturated heterocycles. The van der Waals surface area contributed by atoms with Gasteiger partial charge in [0.25, 0.3) is 0 Å². The molecule has 0 unspecified atom stereocenters. The van der Waals surface area contributed by atoms with Gasteiger partial charge in [-0.1, -0.05) is 36.4 Å². The average Bonchev–Trinajstić information content (AvgIpc) is 3.53. The number of carbonyl (C=O) groups is 1. The SMILES string of the molecule is O=C(CCn1cnc2ccccc21)NC[C@H](c1cccs1)c1c[nH]c2ccccc12. The van der Waals surface area contributed by atoms with E-state index in [-0.39, 0.29) is 11.8 Å². The first-order valence-corrected chi connectivity index (χ1v) is 10.9. The van der Waals surface area contributed by atoms with Crippen molar-refractivity contribution in [2.75, 3.05) is 6.54 Å². The first kappa shape index (κ1) is 18.6.